The molecule has 0 aromatic heterocycles. The largest absolute Gasteiger partial charge is 1.00 e. The van der Waals surface area contributed by atoms with Crippen molar-refractivity contribution in [2.24, 2.45) is 0 Å². The monoisotopic (exact) mass is 177 g/mol. The minimum atomic E-state index is 0. The minimum Gasteiger partial charge on any atom is -0.577 e. The Morgan fingerprint density at radius 1 is 1.00 bits per heavy atom. The molecule has 56 valence electrons. The van der Waals surface area contributed by atoms with Gasteiger partial charge in [0, 0.05) is 19.8 Å². The first kappa shape index (κ1) is 14.0. The number of anilines is 1. The van der Waals surface area contributed by atoms with E-state index in [1.807, 2.05) is 32.3 Å². The fraction of sp³-hybridized carbons (Fsp3) is 0.250. The Morgan fingerprint density at radius 2 is 1.45 bits per heavy atom. The number of benzene rings is 1. The Bertz CT molecular complexity index is 177. The van der Waals surface area contributed by atoms with Gasteiger partial charge in [-0.3, -0.25) is 0 Å². The van der Waals surface area contributed by atoms with Crippen molar-refractivity contribution in [2.75, 3.05) is 19.0 Å². The quantitative estimate of drug-likeness (QED) is 0.396. The third-order valence-electron chi connectivity index (χ3n) is 1.27. The van der Waals surface area contributed by atoms with Crippen molar-refractivity contribution in [3.05, 3.63) is 30.3 Å². The molecule has 0 unspecified atom stereocenters. The van der Waals surface area contributed by atoms with E-state index < -0.39 is 0 Å². The van der Waals surface area contributed by atoms with Crippen molar-refractivity contribution in [3.8, 4) is 0 Å². The summed E-state index contributed by atoms with van der Waals surface area (Å²) in [6, 6.07) is 10.3. The van der Waals surface area contributed by atoms with Gasteiger partial charge in [-0.2, -0.15) is 0 Å². The minimum absolute atomic E-state index is 0. The van der Waals surface area contributed by atoms with Crippen LogP contribution in [0.5, 0.6) is 0 Å². The Hall–Kier alpha value is 0.450. The second-order valence-corrected chi connectivity index (χ2v) is 2.23. The van der Waals surface area contributed by atoms with Crippen LogP contribution in [0.2, 0.25) is 0 Å². The van der Waals surface area contributed by atoms with Crippen molar-refractivity contribution in [1.29, 1.82) is 0 Å². The van der Waals surface area contributed by atoms with Crippen molar-refractivity contribution >= 4 is 15.6 Å². The van der Waals surface area contributed by atoms with Gasteiger partial charge in [0.15, 0.2) is 0 Å². The van der Waals surface area contributed by atoms with E-state index in [4.69, 9.17) is 0 Å². The summed E-state index contributed by atoms with van der Waals surface area (Å²) in [5.41, 5.74) is 1.25. The second kappa shape index (κ2) is 7.12. The molecule has 0 fully saturated rings. The molecule has 1 nitrogen and oxygen atoms in total. The molecule has 0 amide bonds. The van der Waals surface area contributed by atoms with Crippen LogP contribution in [0.25, 0.3) is 0 Å². The summed E-state index contributed by atoms with van der Waals surface area (Å²) in [6.45, 7) is 0. The first-order valence-electron chi connectivity index (χ1n) is 3.03. The first-order chi connectivity index (χ1) is 4.30. The molecule has 3 heteroatoms. The number of hydrogen-bond acceptors (Lipinski definition) is 1. The molecule has 0 aliphatic carbocycles. The zero-order valence-electron chi connectivity index (χ0n) is 7.41. The maximum atomic E-state index is 2.08. The number of rotatable bonds is 1. The van der Waals surface area contributed by atoms with E-state index in [-0.39, 0.29) is 39.5 Å². The van der Waals surface area contributed by atoms with E-state index in [1.54, 1.807) is 0 Å². The van der Waals surface area contributed by atoms with Crippen LogP contribution in [0.3, 0.4) is 0 Å². The molecule has 0 N–H and O–H groups in total. The summed E-state index contributed by atoms with van der Waals surface area (Å²) >= 11 is 0. The molecule has 0 heterocycles. The Labute approximate surface area is 94.1 Å². The van der Waals surface area contributed by atoms with Crippen LogP contribution in [0.1, 0.15) is 0 Å². The van der Waals surface area contributed by atoms with Crippen molar-refractivity contribution in [2.45, 2.75) is 0 Å². The van der Waals surface area contributed by atoms with Gasteiger partial charge in [-0.05, 0) is 12.1 Å². The summed E-state index contributed by atoms with van der Waals surface area (Å²) in [5.74, 6) is 0. The number of para-hydroxylation sites is 1. The maximum Gasteiger partial charge on any atom is 1.00 e. The Kier molecular flexibility index (Phi) is 9.06. The molecule has 0 radical (unpaired) electrons. The predicted octanol–water partition coefficient (Wildman–Crippen LogP) is -0.918. The van der Waals surface area contributed by atoms with Crippen LogP contribution in [0.4, 0.5) is 5.69 Å². The number of nitrogens with zero attached hydrogens (tertiary/aromatic N) is 1. The molecule has 0 aliphatic rings. The zero-order valence-corrected chi connectivity index (χ0v) is 10.6. The predicted molar refractivity (Wildman–Crippen MR) is 50.5 cm³/mol. The van der Waals surface area contributed by atoms with E-state index in [1.165, 1.54) is 5.69 Å². The molecule has 0 saturated carbocycles. The third kappa shape index (κ3) is 4.81. The van der Waals surface area contributed by atoms with Crippen LogP contribution >= 0.6 is 9.90 Å². The van der Waals surface area contributed by atoms with Crippen LogP contribution in [0.15, 0.2) is 30.3 Å². The molecule has 1 rings (SSSR count). The van der Waals surface area contributed by atoms with Crippen LogP contribution in [0, 0.1) is 0 Å². The zero-order chi connectivity index (χ0) is 6.69. The van der Waals surface area contributed by atoms with E-state index in [0.717, 1.165) is 0 Å². The average molecular weight is 177 g/mol. The fourth-order valence-electron chi connectivity index (χ4n) is 0.726. The fourth-order valence-corrected chi connectivity index (χ4v) is 0.726. The molecular weight excluding hydrogens is 164 g/mol. The molecule has 0 bridgehead atoms. The maximum absolute atomic E-state index is 2.08. The van der Waals surface area contributed by atoms with Gasteiger partial charge in [-0.25, -0.2) is 0 Å². The molecular formula is C8H13NNaP. The molecule has 1 aromatic carbocycles. The van der Waals surface area contributed by atoms with Crippen LogP contribution in [-0.2, 0) is 0 Å². The molecule has 0 saturated heterocycles. The Balaban J connectivity index is 0. The van der Waals surface area contributed by atoms with E-state index in [0.29, 0.717) is 0 Å². The standard InChI is InChI=1S/C8H11N.Na.H2P/c1-9(2)8-6-4-3-5-7-8;;/h3-7H,1-2H3;;1H2/q;+1;-1. The van der Waals surface area contributed by atoms with Gasteiger partial charge in [-0.1, -0.05) is 18.2 Å². The average Bonchev–Trinajstić information content (AvgIpc) is 1.90. The molecule has 11 heavy (non-hydrogen) atoms. The van der Waals surface area contributed by atoms with Gasteiger partial charge >= 0.3 is 29.6 Å². The van der Waals surface area contributed by atoms with Gasteiger partial charge in [0.25, 0.3) is 0 Å². The SMILES string of the molecule is CN(C)c1ccccc1.[Na+].[PH2-]. The van der Waals surface area contributed by atoms with Crippen LogP contribution < -0.4 is 34.5 Å². The van der Waals surface area contributed by atoms with Gasteiger partial charge < -0.3 is 14.8 Å². The van der Waals surface area contributed by atoms with Crippen molar-refractivity contribution in [1.82, 2.24) is 0 Å². The van der Waals surface area contributed by atoms with Gasteiger partial charge in [0.2, 0.25) is 0 Å². The Morgan fingerprint density at radius 3 is 1.73 bits per heavy atom. The second-order valence-electron chi connectivity index (χ2n) is 2.23. The molecule has 1 aromatic rings. The van der Waals surface area contributed by atoms with Crippen molar-refractivity contribution in [3.63, 3.8) is 0 Å². The van der Waals surface area contributed by atoms with Gasteiger partial charge in [-0.15, -0.1) is 0 Å². The van der Waals surface area contributed by atoms with Crippen LogP contribution in [-0.4, -0.2) is 14.1 Å². The molecule has 0 spiro atoms. The topological polar surface area (TPSA) is 3.24 Å². The van der Waals surface area contributed by atoms with Crippen molar-refractivity contribution < 1.29 is 29.6 Å². The summed E-state index contributed by atoms with van der Waals surface area (Å²) in [7, 11) is 4.07. The van der Waals surface area contributed by atoms with Gasteiger partial charge in [0.1, 0.15) is 0 Å². The molecule has 0 atom stereocenters. The molecule has 0 aliphatic heterocycles. The summed E-state index contributed by atoms with van der Waals surface area (Å²) in [5, 5.41) is 0. The summed E-state index contributed by atoms with van der Waals surface area (Å²) < 4.78 is 0. The van der Waals surface area contributed by atoms with E-state index in [2.05, 4.69) is 17.0 Å². The van der Waals surface area contributed by atoms with Gasteiger partial charge in [0.05, 0.1) is 0 Å². The third-order valence-corrected chi connectivity index (χ3v) is 1.27. The number of hydrogen-bond donors (Lipinski definition) is 0. The normalized spacial score (nSPS) is 7.45. The summed E-state index contributed by atoms with van der Waals surface area (Å²) in [6.07, 6.45) is 0. The smallest absolute Gasteiger partial charge is 0.577 e. The summed E-state index contributed by atoms with van der Waals surface area (Å²) in [4.78, 5) is 2.08. The first-order valence-corrected chi connectivity index (χ1v) is 3.03. The van der Waals surface area contributed by atoms with E-state index in [9.17, 15) is 0 Å². The van der Waals surface area contributed by atoms with E-state index >= 15 is 0 Å².